The lowest BCUT2D eigenvalue weighted by Gasteiger charge is -2.22. The van der Waals surface area contributed by atoms with Crippen LogP contribution < -0.4 is 4.74 Å². The number of carbonyl (C=O) groups is 1. The molecule has 2 aromatic rings. The Kier molecular flexibility index (Phi) is 5.96. The minimum Gasteiger partial charge on any atom is -0.491 e. The molecule has 0 bridgehead atoms. The molecule has 1 N–H and O–H groups in total. The van der Waals surface area contributed by atoms with Crippen molar-refractivity contribution in [3.63, 3.8) is 0 Å². The van der Waals surface area contributed by atoms with Gasteiger partial charge in [-0.1, -0.05) is 30.3 Å². The molecule has 2 aromatic carbocycles. The summed E-state index contributed by atoms with van der Waals surface area (Å²) in [6.07, 6.45) is -0.651. The number of fused-ring (bicyclic) bond motifs is 1. The average molecular weight is 316 g/mol. The van der Waals surface area contributed by atoms with E-state index in [-0.39, 0.29) is 19.1 Å². The van der Waals surface area contributed by atoms with Gasteiger partial charge in [0.25, 0.3) is 0 Å². The fourth-order valence-electron chi connectivity index (χ4n) is 2.30. The molecule has 5 nitrogen and oxygen atoms in total. The minimum absolute atomic E-state index is 0.00940. The largest absolute Gasteiger partial charge is 0.491 e. The van der Waals surface area contributed by atoms with Gasteiger partial charge < -0.3 is 14.7 Å². The summed E-state index contributed by atoms with van der Waals surface area (Å²) in [6.45, 7) is 0.853. The number of amides is 1. The van der Waals surface area contributed by atoms with E-state index in [1.165, 1.54) is 4.90 Å². The van der Waals surface area contributed by atoms with E-state index < -0.39 is 6.10 Å². The number of aliphatic hydroxyl groups excluding tert-OH is 1. The van der Waals surface area contributed by atoms with Gasteiger partial charge in [0.05, 0.1) is 6.54 Å². The van der Waals surface area contributed by atoms with Crippen molar-refractivity contribution in [2.24, 2.45) is 0 Å². The Morgan fingerprint density at radius 3 is 2.52 bits per heavy atom. The Hall–Kier alpha value is -2.11. The zero-order chi connectivity index (χ0) is 16.8. The van der Waals surface area contributed by atoms with E-state index in [9.17, 15) is 9.90 Å². The van der Waals surface area contributed by atoms with Crippen molar-refractivity contribution in [3.8, 4) is 5.75 Å². The Morgan fingerprint density at radius 2 is 1.83 bits per heavy atom. The fraction of sp³-hybridized carbons (Fsp3) is 0.389. The van der Waals surface area contributed by atoms with Gasteiger partial charge in [0.15, 0.2) is 0 Å². The van der Waals surface area contributed by atoms with Gasteiger partial charge in [-0.05, 0) is 30.0 Å². The lowest BCUT2D eigenvalue weighted by atomic mass is 10.1. The van der Waals surface area contributed by atoms with E-state index in [0.717, 1.165) is 16.5 Å². The van der Waals surface area contributed by atoms with Crippen molar-refractivity contribution >= 4 is 16.7 Å². The molecule has 0 spiro atoms. The number of ether oxygens (including phenoxy) is 1. The van der Waals surface area contributed by atoms with Gasteiger partial charge in [-0.2, -0.15) is 0 Å². The number of aliphatic hydroxyl groups is 1. The molecule has 0 radical (unpaired) electrons. The first-order chi connectivity index (χ1) is 11.0. The first-order valence-electron chi connectivity index (χ1n) is 7.64. The molecule has 0 aliphatic rings. The lowest BCUT2D eigenvalue weighted by molar-refractivity contribution is -0.129. The Balaban J connectivity index is 1.83. The highest BCUT2D eigenvalue weighted by Crippen LogP contribution is 2.20. The lowest BCUT2D eigenvalue weighted by Crippen LogP contribution is -2.39. The van der Waals surface area contributed by atoms with Crippen LogP contribution in [0.15, 0.2) is 42.5 Å². The number of likely N-dealkylation sites (N-methyl/N-ethyl adjacent to an activating group) is 2. The maximum absolute atomic E-state index is 11.6. The maximum Gasteiger partial charge on any atom is 0.236 e. The van der Waals surface area contributed by atoms with Gasteiger partial charge >= 0.3 is 0 Å². The van der Waals surface area contributed by atoms with Crippen molar-refractivity contribution in [3.05, 3.63) is 42.5 Å². The number of nitrogens with zero attached hydrogens (tertiary/aromatic N) is 2. The van der Waals surface area contributed by atoms with Gasteiger partial charge in [-0.25, -0.2) is 0 Å². The summed E-state index contributed by atoms with van der Waals surface area (Å²) in [4.78, 5) is 14.9. The molecule has 124 valence electrons. The third kappa shape index (κ3) is 5.23. The van der Waals surface area contributed by atoms with Crippen LogP contribution >= 0.6 is 0 Å². The Labute approximate surface area is 137 Å². The summed E-state index contributed by atoms with van der Waals surface area (Å²) < 4.78 is 5.66. The summed E-state index contributed by atoms with van der Waals surface area (Å²) in [6, 6.07) is 13.9. The summed E-state index contributed by atoms with van der Waals surface area (Å²) in [7, 11) is 5.24. The molecule has 2 rings (SSSR count). The number of hydrogen-bond donors (Lipinski definition) is 1. The van der Waals surface area contributed by atoms with Gasteiger partial charge in [-0.3, -0.25) is 9.69 Å². The van der Waals surface area contributed by atoms with Gasteiger partial charge in [0, 0.05) is 20.6 Å². The van der Waals surface area contributed by atoms with E-state index in [1.54, 1.807) is 26.0 Å². The van der Waals surface area contributed by atoms with E-state index >= 15 is 0 Å². The normalized spacial score (nSPS) is 12.4. The number of rotatable bonds is 7. The highest BCUT2D eigenvalue weighted by molar-refractivity contribution is 5.83. The summed E-state index contributed by atoms with van der Waals surface area (Å²) in [5.41, 5.74) is 0. The van der Waals surface area contributed by atoms with E-state index in [2.05, 4.69) is 0 Å². The van der Waals surface area contributed by atoms with Crippen molar-refractivity contribution < 1.29 is 14.6 Å². The SMILES string of the molecule is CN(CC(=O)N(C)C)C[C@@H](O)COc1ccc2ccccc2c1. The van der Waals surface area contributed by atoms with Crippen LogP contribution in [0.3, 0.4) is 0 Å². The molecule has 23 heavy (non-hydrogen) atoms. The Bertz CT molecular complexity index is 658. The molecule has 5 heteroatoms. The smallest absolute Gasteiger partial charge is 0.236 e. The zero-order valence-electron chi connectivity index (χ0n) is 13.9. The third-order valence-corrected chi connectivity index (χ3v) is 3.59. The summed E-state index contributed by atoms with van der Waals surface area (Å²) in [5.74, 6) is 0.741. The topological polar surface area (TPSA) is 53.0 Å². The first kappa shape index (κ1) is 17.2. The van der Waals surface area contributed by atoms with Gasteiger partial charge in [0.2, 0.25) is 5.91 Å². The van der Waals surface area contributed by atoms with Gasteiger partial charge in [0.1, 0.15) is 18.5 Å². The highest BCUT2D eigenvalue weighted by Gasteiger charge is 2.13. The average Bonchev–Trinajstić information content (AvgIpc) is 2.52. The maximum atomic E-state index is 11.6. The van der Waals surface area contributed by atoms with E-state index in [4.69, 9.17) is 4.74 Å². The van der Waals surface area contributed by atoms with Crippen molar-refractivity contribution in [2.45, 2.75) is 6.10 Å². The van der Waals surface area contributed by atoms with Crippen molar-refractivity contribution in [1.82, 2.24) is 9.80 Å². The Morgan fingerprint density at radius 1 is 1.13 bits per heavy atom. The molecule has 1 atom stereocenters. The standard InChI is InChI=1S/C18H24N2O3/c1-19(2)18(22)12-20(3)11-16(21)13-23-17-9-8-14-6-4-5-7-15(14)10-17/h4-10,16,21H,11-13H2,1-3H3/t16-/m1/s1. The van der Waals surface area contributed by atoms with Crippen LogP contribution in [0.2, 0.25) is 0 Å². The van der Waals surface area contributed by atoms with Crippen LogP contribution in [0.5, 0.6) is 5.75 Å². The molecule has 0 unspecified atom stereocenters. The second-order valence-corrected chi connectivity index (χ2v) is 5.96. The van der Waals surface area contributed by atoms with Gasteiger partial charge in [-0.15, -0.1) is 0 Å². The molecular weight excluding hydrogens is 292 g/mol. The van der Waals surface area contributed by atoms with E-state index in [0.29, 0.717) is 6.54 Å². The minimum atomic E-state index is -0.651. The first-order valence-corrected chi connectivity index (χ1v) is 7.64. The molecule has 0 aromatic heterocycles. The number of benzene rings is 2. The number of hydrogen-bond acceptors (Lipinski definition) is 4. The fourth-order valence-corrected chi connectivity index (χ4v) is 2.30. The molecule has 0 fully saturated rings. The highest BCUT2D eigenvalue weighted by atomic mass is 16.5. The molecular formula is C18H24N2O3. The monoisotopic (exact) mass is 316 g/mol. The van der Waals surface area contributed by atoms with Crippen LogP contribution in [0, 0.1) is 0 Å². The second kappa shape index (κ2) is 7.94. The molecule has 0 saturated carbocycles. The van der Waals surface area contributed by atoms with Crippen LogP contribution in [0.4, 0.5) is 0 Å². The molecule has 1 amide bonds. The summed E-state index contributed by atoms with van der Waals surface area (Å²) in [5, 5.41) is 12.3. The quantitative estimate of drug-likeness (QED) is 0.843. The van der Waals surface area contributed by atoms with Crippen molar-refractivity contribution in [1.29, 1.82) is 0 Å². The molecule has 0 aliphatic carbocycles. The number of carbonyl (C=O) groups excluding carboxylic acids is 1. The van der Waals surface area contributed by atoms with Crippen LogP contribution in [-0.2, 0) is 4.79 Å². The van der Waals surface area contributed by atoms with Crippen LogP contribution in [-0.4, -0.2) is 67.8 Å². The predicted molar refractivity (Wildman–Crippen MR) is 91.6 cm³/mol. The van der Waals surface area contributed by atoms with Crippen LogP contribution in [0.25, 0.3) is 10.8 Å². The van der Waals surface area contributed by atoms with Crippen LogP contribution in [0.1, 0.15) is 0 Å². The third-order valence-electron chi connectivity index (χ3n) is 3.59. The molecule has 0 heterocycles. The van der Waals surface area contributed by atoms with E-state index in [1.807, 2.05) is 42.5 Å². The second-order valence-electron chi connectivity index (χ2n) is 5.96. The zero-order valence-corrected chi connectivity index (χ0v) is 13.9. The molecule has 0 aliphatic heterocycles. The predicted octanol–water partition coefficient (Wildman–Crippen LogP) is 1.60. The molecule has 0 saturated heterocycles. The van der Waals surface area contributed by atoms with Crippen molar-refractivity contribution in [2.75, 3.05) is 40.8 Å². The summed E-state index contributed by atoms with van der Waals surface area (Å²) >= 11 is 0.